The molecule has 3 N–H and O–H groups in total. The minimum absolute atomic E-state index is 0.0173. The zero-order chi connectivity index (χ0) is 12.8. The van der Waals surface area contributed by atoms with Gasteiger partial charge in [-0.05, 0) is 0 Å². The van der Waals surface area contributed by atoms with Gasteiger partial charge in [0.25, 0.3) is 0 Å². The van der Waals surface area contributed by atoms with E-state index in [1.807, 2.05) is 0 Å². The van der Waals surface area contributed by atoms with Gasteiger partial charge >= 0.3 is 12.0 Å². The van der Waals surface area contributed by atoms with Gasteiger partial charge in [-0.1, -0.05) is 0 Å². The molecule has 0 aromatic heterocycles. The van der Waals surface area contributed by atoms with Crippen LogP contribution >= 0.6 is 0 Å². The summed E-state index contributed by atoms with van der Waals surface area (Å²) in [7, 11) is 1.25. The molecule has 8 nitrogen and oxygen atoms in total. The predicted octanol–water partition coefficient (Wildman–Crippen LogP) is -1.77. The highest BCUT2D eigenvalue weighted by molar-refractivity contribution is 5.85. The van der Waals surface area contributed by atoms with E-state index in [0.29, 0.717) is 13.1 Å². The molecule has 1 saturated heterocycles. The van der Waals surface area contributed by atoms with E-state index in [2.05, 4.69) is 15.4 Å². The van der Waals surface area contributed by atoms with Gasteiger partial charge in [0, 0.05) is 20.2 Å². The topological polar surface area (TPSA) is 108 Å². The number of methoxy groups -OCH3 is 1. The summed E-state index contributed by atoms with van der Waals surface area (Å²) in [5.41, 5.74) is 0. The highest BCUT2D eigenvalue weighted by Gasteiger charge is 2.23. The zero-order valence-corrected chi connectivity index (χ0v) is 9.43. The van der Waals surface area contributed by atoms with E-state index in [1.165, 1.54) is 12.0 Å². The van der Waals surface area contributed by atoms with E-state index in [1.54, 1.807) is 0 Å². The van der Waals surface area contributed by atoms with Crippen LogP contribution in [0.2, 0.25) is 0 Å². The molecule has 8 heteroatoms. The number of hydrogen-bond acceptors (Lipinski definition) is 4. The molecular formula is C9H15N3O5. The van der Waals surface area contributed by atoms with E-state index in [9.17, 15) is 14.4 Å². The van der Waals surface area contributed by atoms with Crippen LogP contribution in [0.15, 0.2) is 0 Å². The summed E-state index contributed by atoms with van der Waals surface area (Å²) in [5, 5.41) is 13.7. The van der Waals surface area contributed by atoms with E-state index in [-0.39, 0.29) is 19.0 Å². The Bertz CT molecular complexity index is 320. The fourth-order valence-electron chi connectivity index (χ4n) is 1.38. The molecule has 1 unspecified atom stereocenters. The number of hydrogen-bond donors (Lipinski definition) is 3. The third-order valence-corrected chi connectivity index (χ3v) is 2.32. The van der Waals surface area contributed by atoms with Gasteiger partial charge in [0.2, 0.25) is 5.91 Å². The number of carbonyl (C=O) groups is 3. The van der Waals surface area contributed by atoms with Crippen LogP contribution in [-0.2, 0) is 14.3 Å². The second-order valence-corrected chi connectivity index (χ2v) is 3.52. The number of urea groups is 1. The molecule has 1 heterocycles. The number of carbonyl (C=O) groups excluding carboxylic acids is 2. The van der Waals surface area contributed by atoms with Crippen molar-refractivity contribution < 1.29 is 24.2 Å². The van der Waals surface area contributed by atoms with Crippen LogP contribution in [0.4, 0.5) is 4.79 Å². The smallest absolute Gasteiger partial charge is 0.334 e. The summed E-state index contributed by atoms with van der Waals surface area (Å²) >= 11 is 0. The monoisotopic (exact) mass is 245 g/mol. The van der Waals surface area contributed by atoms with Crippen LogP contribution in [0.5, 0.6) is 0 Å². The Balaban J connectivity index is 2.38. The summed E-state index contributed by atoms with van der Waals surface area (Å²) in [5.74, 6) is -1.38. The van der Waals surface area contributed by atoms with E-state index in [0.717, 1.165) is 0 Å². The fourth-order valence-corrected chi connectivity index (χ4v) is 1.38. The Morgan fingerprint density at radius 2 is 2.35 bits per heavy atom. The first-order valence-corrected chi connectivity index (χ1v) is 5.09. The molecule has 0 aliphatic carbocycles. The Labute approximate surface area is 97.9 Å². The van der Waals surface area contributed by atoms with Gasteiger partial charge < -0.3 is 25.4 Å². The highest BCUT2D eigenvalue weighted by atomic mass is 16.5. The average Bonchev–Trinajstić information content (AvgIpc) is 2.29. The molecule has 1 rings (SSSR count). The molecule has 0 aromatic rings. The maximum Gasteiger partial charge on any atom is 0.334 e. The van der Waals surface area contributed by atoms with Crippen molar-refractivity contribution in [1.29, 1.82) is 0 Å². The van der Waals surface area contributed by atoms with Crippen LogP contribution in [0, 0.1) is 0 Å². The predicted molar refractivity (Wildman–Crippen MR) is 56.4 cm³/mol. The third kappa shape index (κ3) is 3.91. The van der Waals surface area contributed by atoms with Crippen LogP contribution in [-0.4, -0.2) is 67.3 Å². The van der Waals surface area contributed by atoms with Crippen molar-refractivity contribution in [3.05, 3.63) is 0 Å². The van der Waals surface area contributed by atoms with Gasteiger partial charge in [-0.2, -0.15) is 0 Å². The van der Waals surface area contributed by atoms with Crippen molar-refractivity contribution >= 4 is 17.9 Å². The summed E-state index contributed by atoms with van der Waals surface area (Å²) in [6.45, 7) is 0.653. The molecule has 17 heavy (non-hydrogen) atoms. The van der Waals surface area contributed by atoms with Crippen molar-refractivity contribution in [2.75, 3.05) is 33.3 Å². The Kier molecular flexibility index (Phi) is 4.70. The van der Waals surface area contributed by atoms with Crippen molar-refractivity contribution in [3.8, 4) is 0 Å². The largest absolute Gasteiger partial charge is 0.479 e. The summed E-state index contributed by atoms with van der Waals surface area (Å²) in [6.07, 6.45) is -1.09. The lowest BCUT2D eigenvalue weighted by Gasteiger charge is -2.27. The minimum atomic E-state index is -1.15. The van der Waals surface area contributed by atoms with Crippen molar-refractivity contribution in [2.24, 2.45) is 0 Å². The number of carboxylic acids is 1. The summed E-state index contributed by atoms with van der Waals surface area (Å²) in [6, 6.07) is -0.469. The fraction of sp³-hybridized carbons (Fsp3) is 0.667. The van der Waals surface area contributed by atoms with Gasteiger partial charge in [-0.25, -0.2) is 9.59 Å². The first-order chi connectivity index (χ1) is 8.04. The maximum absolute atomic E-state index is 11.6. The van der Waals surface area contributed by atoms with Crippen LogP contribution in [0.25, 0.3) is 0 Å². The van der Waals surface area contributed by atoms with E-state index >= 15 is 0 Å². The number of rotatable bonds is 4. The molecule has 1 atom stereocenters. The SMILES string of the molecule is COC(CNC(=O)N1CCNC(=O)C1)C(=O)O. The number of amides is 3. The Morgan fingerprint density at radius 3 is 2.88 bits per heavy atom. The number of carboxylic acid groups (broad SMARTS) is 1. The summed E-state index contributed by atoms with van der Waals surface area (Å²) < 4.78 is 4.66. The van der Waals surface area contributed by atoms with E-state index < -0.39 is 18.1 Å². The van der Waals surface area contributed by atoms with Crippen molar-refractivity contribution in [3.63, 3.8) is 0 Å². The second-order valence-electron chi connectivity index (χ2n) is 3.52. The molecule has 0 aromatic carbocycles. The molecule has 1 aliphatic heterocycles. The van der Waals surface area contributed by atoms with Gasteiger partial charge in [-0.15, -0.1) is 0 Å². The third-order valence-electron chi connectivity index (χ3n) is 2.32. The van der Waals surface area contributed by atoms with Gasteiger partial charge in [-0.3, -0.25) is 4.79 Å². The average molecular weight is 245 g/mol. The van der Waals surface area contributed by atoms with Crippen LogP contribution in [0.1, 0.15) is 0 Å². The standard InChI is InChI=1S/C9H15N3O5/c1-17-6(8(14)15)4-11-9(16)12-3-2-10-7(13)5-12/h6H,2-5H2,1H3,(H,10,13)(H,11,16)(H,14,15). The van der Waals surface area contributed by atoms with Gasteiger partial charge in [0.05, 0.1) is 6.54 Å². The lowest BCUT2D eigenvalue weighted by molar-refractivity contribution is -0.148. The molecule has 0 spiro atoms. The van der Waals surface area contributed by atoms with Crippen LogP contribution in [0.3, 0.4) is 0 Å². The first kappa shape index (κ1) is 13.2. The Hall–Kier alpha value is -1.83. The molecular weight excluding hydrogens is 230 g/mol. The molecule has 1 fully saturated rings. The second kappa shape index (κ2) is 6.04. The first-order valence-electron chi connectivity index (χ1n) is 5.09. The summed E-state index contributed by atoms with van der Waals surface area (Å²) in [4.78, 5) is 34.5. The maximum atomic E-state index is 11.6. The number of aliphatic carboxylic acids is 1. The molecule has 0 saturated carbocycles. The molecule has 96 valence electrons. The number of piperazine rings is 1. The van der Waals surface area contributed by atoms with Crippen molar-refractivity contribution in [2.45, 2.75) is 6.10 Å². The highest BCUT2D eigenvalue weighted by Crippen LogP contribution is 1.95. The van der Waals surface area contributed by atoms with Crippen LogP contribution < -0.4 is 10.6 Å². The number of nitrogens with zero attached hydrogens (tertiary/aromatic N) is 1. The molecule has 0 radical (unpaired) electrons. The lowest BCUT2D eigenvalue weighted by atomic mass is 10.3. The van der Waals surface area contributed by atoms with Gasteiger partial charge in [0.15, 0.2) is 6.10 Å². The number of ether oxygens (including phenoxy) is 1. The lowest BCUT2D eigenvalue weighted by Crippen LogP contribution is -2.54. The van der Waals surface area contributed by atoms with Crippen molar-refractivity contribution in [1.82, 2.24) is 15.5 Å². The minimum Gasteiger partial charge on any atom is -0.479 e. The van der Waals surface area contributed by atoms with E-state index in [4.69, 9.17) is 5.11 Å². The normalized spacial score (nSPS) is 17.2. The van der Waals surface area contributed by atoms with Gasteiger partial charge in [0.1, 0.15) is 6.54 Å². The molecule has 1 aliphatic rings. The molecule has 0 bridgehead atoms. The zero-order valence-electron chi connectivity index (χ0n) is 9.43. The molecule has 3 amide bonds. The quantitative estimate of drug-likeness (QED) is 0.543. The number of nitrogens with one attached hydrogen (secondary N) is 2. The Morgan fingerprint density at radius 1 is 1.65 bits per heavy atom.